The van der Waals surface area contributed by atoms with Crippen LogP contribution in [0.25, 0.3) is 10.9 Å². The highest BCUT2D eigenvalue weighted by molar-refractivity contribution is 7.92. The Morgan fingerprint density at radius 2 is 2.00 bits per heavy atom. The number of halogens is 2. The van der Waals surface area contributed by atoms with E-state index >= 15 is 0 Å². The Hall–Kier alpha value is -1.74. The number of hydrogen-bond donors (Lipinski definition) is 1. The van der Waals surface area contributed by atoms with E-state index in [4.69, 9.17) is 33.0 Å². The number of aromatic nitrogens is 1. The van der Waals surface area contributed by atoms with Gasteiger partial charge in [-0.05, 0) is 50.1 Å². The summed E-state index contributed by atoms with van der Waals surface area (Å²) in [6, 6.07) is 6.37. The summed E-state index contributed by atoms with van der Waals surface area (Å²) >= 11 is 12.7. The number of nitrogens with zero attached hydrogens (tertiary/aromatic N) is 1. The van der Waals surface area contributed by atoms with Crippen molar-refractivity contribution in [2.45, 2.75) is 37.0 Å². The largest absolute Gasteiger partial charge is 0.491 e. The molecule has 0 saturated heterocycles. The Morgan fingerprint density at radius 3 is 2.57 bits per heavy atom. The SMILES string of the molecule is CC(C)Oc1ccc2c(c1)c(CCC(=O)O)cn2S(=O)(=O)c1cc(Cl)c(Cl)s1. The summed E-state index contributed by atoms with van der Waals surface area (Å²) in [6.07, 6.45) is 1.46. The highest BCUT2D eigenvalue weighted by Gasteiger charge is 2.25. The first kappa shape index (κ1) is 21.0. The Morgan fingerprint density at radius 1 is 1.29 bits per heavy atom. The highest BCUT2D eigenvalue weighted by Crippen LogP contribution is 2.37. The van der Waals surface area contributed by atoms with Crippen molar-refractivity contribution in [1.82, 2.24) is 3.97 Å². The number of benzene rings is 1. The van der Waals surface area contributed by atoms with Gasteiger partial charge in [0.1, 0.15) is 14.3 Å². The van der Waals surface area contributed by atoms with Gasteiger partial charge in [-0.1, -0.05) is 23.2 Å². The van der Waals surface area contributed by atoms with Gasteiger partial charge in [0.15, 0.2) is 0 Å². The fourth-order valence-electron chi connectivity index (χ4n) is 2.78. The third-order valence-electron chi connectivity index (χ3n) is 3.94. The normalized spacial score (nSPS) is 12.0. The van der Waals surface area contributed by atoms with Crippen LogP contribution in [0.3, 0.4) is 0 Å². The fourth-order valence-corrected chi connectivity index (χ4v) is 6.14. The van der Waals surface area contributed by atoms with Gasteiger partial charge in [-0.3, -0.25) is 4.79 Å². The van der Waals surface area contributed by atoms with Crippen LogP contribution in [0.5, 0.6) is 5.75 Å². The van der Waals surface area contributed by atoms with E-state index in [2.05, 4.69) is 0 Å². The van der Waals surface area contributed by atoms with E-state index in [9.17, 15) is 13.2 Å². The van der Waals surface area contributed by atoms with E-state index < -0.39 is 16.0 Å². The monoisotopic (exact) mass is 461 g/mol. The minimum absolute atomic E-state index is 0.00620. The van der Waals surface area contributed by atoms with E-state index in [0.29, 0.717) is 22.2 Å². The summed E-state index contributed by atoms with van der Waals surface area (Å²) in [5.74, 6) is -0.383. The third-order valence-corrected chi connectivity index (χ3v) is 7.93. The van der Waals surface area contributed by atoms with Crippen LogP contribution in [-0.4, -0.2) is 29.6 Å². The smallest absolute Gasteiger partial charge is 0.303 e. The molecule has 1 aromatic carbocycles. The molecule has 0 aliphatic carbocycles. The number of ether oxygens (including phenoxy) is 1. The standard InChI is InChI=1S/C18H17Cl2NO5S2/c1-10(2)26-12-4-5-15-13(7-12)11(3-6-16(22)23)9-21(15)28(24,25)17-8-14(19)18(20)27-17/h4-5,7-10H,3,6H2,1-2H3,(H,22,23). The van der Waals surface area contributed by atoms with Gasteiger partial charge in [-0.2, -0.15) is 8.42 Å². The maximum Gasteiger partial charge on any atom is 0.303 e. The second-order valence-electron chi connectivity index (χ2n) is 6.38. The van der Waals surface area contributed by atoms with E-state index in [1.807, 2.05) is 13.8 Å². The van der Waals surface area contributed by atoms with Crippen LogP contribution in [0.1, 0.15) is 25.8 Å². The number of thiophene rings is 1. The maximum absolute atomic E-state index is 13.1. The first-order valence-electron chi connectivity index (χ1n) is 8.32. The van der Waals surface area contributed by atoms with Crippen molar-refractivity contribution in [3.63, 3.8) is 0 Å². The van der Waals surface area contributed by atoms with Gasteiger partial charge in [0.2, 0.25) is 0 Å². The summed E-state index contributed by atoms with van der Waals surface area (Å²) in [5.41, 5.74) is 1.03. The van der Waals surface area contributed by atoms with Gasteiger partial charge in [0.25, 0.3) is 10.0 Å². The predicted octanol–water partition coefficient (Wildman–Crippen LogP) is 5.05. The molecule has 10 heteroatoms. The molecule has 150 valence electrons. The zero-order valence-corrected chi connectivity index (χ0v) is 18.1. The molecule has 0 radical (unpaired) electrons. The van der Waals surface area contributed by atoms with Crippen molar-refractivity contribution in [3.05, 3.63) is 45.4 Å². The first-order valence-corrected chi connectivity index (χ1v) is 11.3. The maximum atomic E-state index is 13.1. The van der Waals surface area contributed by atoms with E-state index in [-0.39, 0.29) is 32.5 Å². The minimum atomic E-state index is -3.94. The van der Waals surface area contributed by atoms with Gasteiger partial charge in [-0.25, -0.2) is 3.97 Å². The second kappa shape index (κ2) is 7.94. The predicted molar refractivity (Wildman–Crippen MR) is 111 cm³/mol. The molecule has 0 fully saturated rings. The highest BCUT2D eigenvalue weighted by atomic mass is 35.5. The molecule has 2 aromatic heterocycles. The average Bonchev–Trinajstić information content (AvgIpc) is 3.13. The summed E-state index contributed by atoms with van der Waals surface area (Å²) < 4.78 is 33.3. The van der Waals surface area contributed by atoms with Crippen molar-refractivity contribution in [3.8, 4) is 5.75 Å². The topological polar surface area (TPSA) is 85.6 Å². The van der Waals surface area contributed by atoms with Crippen LogP contribution in [-0.2, 0) is 21.2 Å². The lowest BCUT2D eigenvalue weighted by Gasteiger charge is -2.10. The lowest BCUT2D eigenvalue weighted by molar-refractivity contribution is -0.136. The number of carboxylic acids is 1. The molecule has 3 rings (SSSR count). The molecule has 28 heavy (non-hydrogen) atoms. The molecule has 6 nitrogen and oxygen atoms in total. The van der Waals surface area contributed by atoms with Crippen LogP contribution in [0.2, 0.25) is 9.36 Å². The summed E-state index contributed by atoms with van der Waals surface area (Å²) in [7, 11) is -3.94. The zero-order chi connectivity index (χ0) is 20.6. The number of aryl methyl sites for hydroxylation is 1. The lowest BCUT2D eigenvalue weighted by atomic mass is 10.1. The number of fused-ring (bicyclic) bond motifs is 1. The quantitative estimate of drug-likeness (QED) is 0.531. The van der Waals surface area contributed by atoms with Crippen molar-refractivity contribution < 1.29 is 23.1 Å². The van der Waals surface area contributed by atoms with Crippen LogP contribution in [0.4, 0.5) is 0 Å². The lowest BCUT2D eigenvalue weighted by Crippen LogP contribution is -2.10. The molecule has 0 atom stereocenters. The Bertz CT molecular complexity index is 1130. The summed E-state index contributed by atoms with van der Waals surface area (Å²) in [4.78, 5) is 11.0. The molecule has 0 aliphatic heterocycles. The summed E-state index contributed by atoms with van der Waals surface area (Å²) in [5, 5.41) is 9.81. The Kier molecular flexibility index (Phi) is 5.95. The van der Waals surface area contributed by atoms with Crippen LogP contribution in [0.15, 0.2) is 34.7 Å². The molecule has 0 amide bonds. The van der Waals surface area contributed by atoms with Crippen LogP contribution in [0, 0.1) is 0 Å². The summed E-state index contributed by atoms with van der Waals surface area (Å²) in [6.45, 7) is 3.77. The molecule has 0 unspecified atom stereocenters. The first-order chi connectivity index (χ1) is 13.1. The number of aliphatic carboxylic acids is 1. The van der Waals surface area contributed by atoms with Crippen LogP contribution < -0.4 is 4.74 Å². The van der Waals surface area contributed by atoms with Crippen molar-refractivity contribution >= 4 is 61.4 Å². The molecule has 2 heterocycles. The van der Waals surface area contributed by atoms with E-state index in [1.165, 1.54) is 12.3 Å². The molecule has 0 bridgehead atoms. The van der Waals surface area contributed by atoms with Crippen molar-refractivity contribution in [2.24, 2.45) is 0 Å². The molecule has 0 aliphatic rings. The number of hydrogen-bond acceptors (Lipinski definition) is 5. The molecule has 0 spiro atoms. The molecule has 1 N–H and O–H groups in total. The average molecular weight is 462 g/mol. The fraction of sp³-hybridized carbons (Fsp3) is 0.278. The van der Waals surface area contributed by atoms with Gasteiger partial charge >= 0.3 is 5.97 Å². The van der Waals surface area contributed by atoms with Gasteiger partial charge in [0, 0.05) is 18.0 Å². The van der Waals surface area contributed by atoms with Crippen molar-refractivity contribution in [2.75, 3.05) is 0 Å². The van der Waals surface area contributed by atoms with Gasteiger partial charge in [0.05, 0.1) is 16.6 Å². The van der Waals surface area contributed by atoms with E-state index in [0.717, 1.165) is 15.3 Å². The molecular weight excluding hydrogens is 445 g/mol. The Balaban J connectivity index is 2.17. The van der Waals surface area contributed by atoms with Gasteiger partial charge < -0.3 is 9.84 Å². The third kappa shape index (κ3) is 4.15. The van der Waals surface area contributed by atoms with Gasteiger partial charge in [-0.15, -0.1) is 11.3 Å². The van der Waals surface area contributed by atoms with E-state index in [1.54, 1.807) is 18.2 Å². The molecular formula is C18H17Cl2NO5S2. The molecule has 0 saturated carbocycles. The van der Waals surface area contributed by atoms with Crippen molar-refractivity contribution in [1.29, 1.82) is 0 Å². The number of carboxylic acid groups (broad SMARTS) is 1. The minimum Gasteiger partial charge on any atom is -0.491 e. The molecule has 3 aromatic rings. The number of rotatable bonds is 7. The van der Waals surface area contributed by atoms with Crippen LogP contribution >= 0.6 is 34.5 Å². The number of carbonyl (C=O) groups is 1. The Labute approximate surface area is 176 Å². The second-order valence-corrected chi connectivity index (χ2v) is 10.5. The zero-order valence-electron chi connectivity index (χ0n) is 15.0.